The van der Waals surface area contributed by atoms with Crippen molar-refractivity contribution in [2.24, 2.45) is 0 Å². The van der Waals surface area contributed by atoms with E-state index in [2.05, 4.69) is 16.9 Å². The molecule has 90 valence electrons. The summed E-state index contributed by atoms with van der Waals surface area (Å²) in [6.07, 6.45) is 3.54. The molecule has 17 heavy (non-hydrogen) atoms. The van der Waals surface area contributed by atoms with Gasteiger partial charge in [0.2, 0.25) is 0 Å². The van der Waals surface area contributed by atoms with Gasteiger partial charge >= 0.3 is 0 Å². The van der Waals surface area contributed by atoms with Crippen molar-refractivity contribution in [3.05, 3.63) is 45.2 Å². The normalized spacial score (nSPS) is 12.7. The topological polar surface area (TPSA) is 46.0 Å². The molecule has 0 saturated heterocycles. The second kappa shape index (κ2) is 4.94. The molecule has 3 nitrogen and oxygen atoms in total. The third-order valence-corrected chi connectivity index (χ3v) is 3.82. The van der Waals surface area contributed by atoms with Gasteiger partial charge in [-0.05, 0) is 31.9 Å². The third kappa shape index (κ3) is 2.90. The molecule has 0 aromatic carbocycles. The number of pyridine rings is 1. The maximum atomic E-state index is 10.1. The average Bonchev–Trinajstić information content (AvgIpc) is 2.58. The van der Waals surface area contributed by atoms with E-state index in [1.54, 1.807) is 23.7 Å². The maximum Gasteiger partial charge on any atom is 0.0960 e. The molecule has 1 N–H and O–H groups in total. The highest BCUT2D eigenvalue weighted by Gasteiger charge is 2.12. The van der Waals surface area contributed by atoms with E-state index in [0.717, 1.165) is 21.8 Å². The van der Waals surface area contributed by atoms with Crippen LogP contribution in [0.5, 0.6) is 0 Å². The fourth-order valence-electron chi connectivity index (χ4n) is 1.67. The molecule has 0 amide bonds. The molecule has 2 heterocycles. The van der Waals surface area contributed by atoms with E-state index in [4.69, 9.17) is 0 Å². The van der Waals surface area contributed by atoms with E-state index in [0.29, 0.717) is 6.42 Å². The zero-order valence-corrected chi connectivity index (χ0v) is 11.1. The average molecular weight is 248 g/mol. The summed E-state index contributed by atoms with van der Waals surface area (Å²) in [6, 6.07) is 1.96. The van der Waals surface area contributed by atoms with Gasteiger partial charge in [0, 0.05) is 23.7 Å². The van der Waals surface area contributed by atoms with E-state index in [-0.39, 0.29) is 0 Å². The minimum atomic E-state index is -0.521. The van der Waals surface area contributed by atoms with Crippen molar-refractivity contribution in [3.63, 3.8) is 0 Å². The van der Waals surface area contributed by atoms with Gasteiger partial charge < -0.3 is 5.11 Å². The highest BCUT2D eigenvalue weighted by molar-refractivity contribution is 7.11. The van der Waals surface area contributed by atoms with E-state index in [1.807, 2.05) is 19.9 Å². The predicted octanol–water partition coefficient (Wildman–Crippen LogP) is 2.74. The molecule has 0 saturated carbocycles. The molecule has 1 unspecified atom stereocenters. The van der Waals surface area contributed by atoms with Crippen molar-refractivity contribution in [2.45, 2.75) is 33.3 Å². The Morgan fingerprint density at radius 1 is 1.29 bits per heavy atom. The van der Waals surface area contributed by atoms with Crippen molar-refractivity contribution < 1.29 is 5.11 Å². The van der Waals surface area contributed by atoms with Crippen LogP contribution in [0.2, 0.25) is 0 Å². The molecule has 0 spiro atoms. The minimum Gasteiger partial charge on any atom is -0.388 e. The van der Waals surface area contributed by atoms with Gasteiger partial charge in [0.15, 0.2) is 0 Å². The summed E-state index contributed by atoms with van der Waals surface area (Å²) in [5.41, 5.74) is 2.98. The predicted molar refractivity (Wildman–Crippen MR) is 69.2 cm³/mol. The van der Waals surface area contributed by atoms with Gasteiger partial charge in [0.05, 0.1) is 16.8 Å². The van der Waals surface area contributed by atoms with Crippen LogP contribution in [0.15, 0.2) is 18.5 Å². The first-order valence-electron chi connectivity index (χ1n) is 5.59. The van der Waals surface area contributed by atoms with Gasteiger partial charge in [0.25, 0.3) is 0 Å². The summed E-state index contributed by atoms with van der Waals surface area (Å²) in [6.45, 7) is 6.02. The number of thiazole rings is 1. The van der Waals surface area contributed by atoms with Crippen LogP contribution in [-0.2, 0) is 6.42 Å². The number of hydrogen-bond donors (Lipinski definition) is 1. The largest absolute Gasteiger partial charge is 0.388 e. The standard InChI is InChI=1S/C13H16N2OS/c1-8-4-11(7-14-6-8)12(16)5-13-15-9(2)10(3)17-13/h4,6-7,12,16H,5H2,1-3H3. The van der Waals surface area contributed by atoms with Gasteiger partial charge in [-0.3, -0.25) is 4.98 Å². The Balaban J connectivity index is 2.14. The second-order valence-electron chi connectivity index (χ2n) is 4.26. The number of rotatable bonds is 3. The molecular weight excluding hydrogens is 232 g/mol. The van der Waals surface area contributed by atoms with Gasteiger partial charge in [-0.15, -0.1) is 11.3 Å². The summed E-state index contributed by atoms with van der Waals surface area (Å²) < 4.78 is 0. The highest BCUT2D eigenvalue weighted by atomic mass is 32.1. The number of nitrogens with zero attached hydrogens (tertiary/aromatic N) is 2. The van der Waals surface area contributed by atoms with E-state index < -0.39 is 6.10 Å². The monoisotopic (exact) mass is 248 g/mol. The lowest BCUT2D eigenvalue weighted by atomic mass is 10.1. The fourth-order valence-corrected chi connectivity index (χ4v) is 2.64. The molecule has 4 heteroatoms. The van der Waals surface area contributed by atoms with Crippen molar-refractivity contribution in [3.8, 4) is 0 Å². The first kappa shape index (κ1) is 12.2. The Morgan fingerprint density at radius 2 is 2.06 bits per heavy atom. The summed E-state index contributed by atoms with van der Waals surface area (Å²) >= 11 is 1.65. The lowest BCUT2D eigenvalue weighted by Gasteiger charge is -2.09. The quantitative estimate of drug-likeness (QED) is 0.908. The van der Waals surface area contributed by atoms with Gasteiger partial charge in [-0.2, -0.15) is 0 Å². The van der Waals surface area contributed by atoms with Crippen LogP contribution in [0.1, 0.15) is 32.8 Å². The lowest BCUT2D eigenvalue weighted by Crippen LogP contribution is -2.02. The van der Waals surface area contributed by atoms with Crippen LogP contribution in [0.3, 0.4) is 0 Å². The molecule has 2 rings (SSSR count). The van der Waals surface area contributed by atoms with Crippen LogP contribution < -0.4 is 0 Å². The smallest absolute Gasteiger partial charge is 0.0960 e. The van der Waals surface area contributed by atoms with E-state index in [9.17, 15) is 5.11 Å². The van der Waals surface area contributed by atoms with Crippen molar-refractivity contribution >= 4 is 11.3 Å². The third-order valence-electron chi connectivity index (χ3n) is 2.72. The second-order valence-corrected chi connectivity index (χ2v) is 5.55. The summed E-state index contributed by atoms with van der Waals surface area (Å²) in [4.78, 5) is 9.75. The molecule has 0 aliphatic heterocycles. The number of aliphatic hydroxyl groups excluding tert-OH is 1. The van der Waals surface area contributed by atoms with Gasteiger partial charge in [-0.25, -0.2) is 4.98 Å². The Bertz CT molecular complexity index is 502. The first-order chi connectivity index (χ1) is 8.06. The molecule has 1 atom stereocenters. The fraction of sp³-hybridized carbons (Fsp3) is 0.385. The van der Waals surface area contributed by atoms with Gasteiger partial charge in [-0.1, -0.05) is 6.07 Å². The molecule has 0 bridgehead atoms. The summed E-state index contributed by atoms with van der Waals surface area (Å²) in [7, 11) is 0. The Kier molecular flexibility index (Phi) is 3.54. The minimum absolute atomic E-state index is 0.521. The maximum absolute atomic E-state index is 10.1. The Labute approximate surface area is 105 Å². The van der Waals surface area contributed by atoms with Crippen LogP contribution in [0.4, 0.5) is 0 Å². The molecule has 2 aromatic rings. The molecule has 0 aliphatic rings. The zero-order valence-electron chi connectivity index (χ0n) is 10.3. The van der Waals surface area contributed by atoms with Crippen LogP contribution in [-0.4, -0.2) is 15.1 Å². The Morgan fingerprint density at radius 3 is 2.65 bits per heavy atom. The number of aryl methyl sites for hydroxylation is 3. The number of aromatic nitrogens is 2. The zero-order chi connectivity index (χ0) is 12.4. The first-order valence-corrected chi connectivity index (χ1v) is 6.40. The molecule has 0 aliphatic carbocycles. The molecule has 0 radical (unpaired) electrons. The SMILES string of the molecule is Cc1cncc(C(O)Cc2nc(C)c(C)s2)c1. The highest BCUT2D eigenvalue weighted by Crippen LogP contribution is 2.23. The molecule has 0 fully saturated rings. The molecular formula is C13H16N2OS. The van der Waals surface area contributed by atoms with Gasteiger partial charge in [0.1, 0.15) is 0 Å². The summed E-state index contributed by atoms with van der Waals surface area (Å²) in [5.74, 6) is 0. The number of hydrogen-bond acceptors (Lipinski definition) is 4. The van der Waals surface area contributed by atoms with E-state index in [1.165, 1.54) is 4.88 Å². The van der Waals surface area contributed by atoms with Crippen LogP contribution in [0, 0.1) is 20.8 Å². The van der Waals surface area contributed by atoms with Crippen LogP contribution >= 0.6 is 11.3 Å². The Hall–Kier alpha value is -1.26. The summed E-state index contributed by atoms with van der Waals surface area (Å²) in [5, 5.41) is 11.1. The number of aliphatic hydroxyl groups is 1. The van der Waals surface area contributed by atoms with Crippen molar-refractivity contribution in [2.75, 3.05) is 0 Å². The van der Waals surface area contributed by atoms with E-state index >= 15 is 0 Å². The molecule has 2 aromatic heterocycles. The van der Waals surface area contributed by atoms with Crippen molar-refractivity contribution in [1.29, 1.82) is 0 Å². The van der Waals surface area contributed by atoms with Crippen LogP contribution in [0.25, 0.3) is 0 Å². The lowest BCUT2D eigenvalue weighted by molar-refractivity contribution is 0.178. The van der Waals surface area contributed by atoms with Crippen molar-refractivity contribution in [1.82, 2.24) is 9.97 Å².